The molecule has 3 rings (SSSR count). The van der Waals surface area contributed by atoms with Crippen LogP contribution in [0, 0.1) is 0 Å². The van der Waals surface area contributed by atoms with Crippen LogP contribution in [0.4, 0.5) is 0 Å². The molecule has 0 saturated carbocycles. The van der Waals surface area contributed by atoms with Gasteiger partial charge in [-0.15, -0.1) is 0 Å². The summed E-state index contributed by atoms with van der Waals surface area (Å²) in [6.07, 6.45) is 0. The summed E-state index contributed by atoms with van der Waals surface area (Å²) in [6, 6.07) is 8.29. The van der Waals surface area contributed by atoms with E-state index in [9.17, 15) is 9.90 Å². The van der Waals surface area contributed by atoms with Gasteiger partial charge < -0.3 is 28.8 Å². The number of ether oxygens (including phenoxy) is 5. The van der Waals surface area contributed by atoms with E-state index in [2.05, 4.69) is 0 Å². The first-order valence-electron chi connectivity index (χ1n) is 7.51. The van der Waals surface area contributed by atoms with E-state index < -0.39 is 11.9 Å². The maximum absolute atomic E-state index is 12.1. The summed E-state index contributed by atoms with van der Waals surface area (Å²) in [6.45, 7) is 0.117. The van der Waals surface area contributed by atoms with Crippen molar-refractivity contribution >= 4 is 5.97 Å². The zero-order valence-electron chi connectivity index (χ0n) is 14.1. The Hall–Kier alpha value is -3.09. The molecule has 7 heteroatoms. The summed E-state index contributed by atoms with van der Waals surface area (Å²) < 4.78 is 26.7. The van der Waals surface area contributed by atoms with Crippen molar-refractivity contribution in [3.8, 4) is 28.7 Å². The monoisotopic (exact) mass is 346 g/mol. The molecular formula is C18H18O7. The van der Waals surface area contributed by atoms with Crippen molar-refractivity contribution in [2.24, 2.45) is 0 Å². The molecule has 0 spiro atoms. The summed E-state index contributed by atoms with van der Waals surface area (Å²) in [4.78, 5) is 12.1. The van der Waals surface area contributed by atoms with Gasteiger partial charge in [-0.2, -0.15) is 0 Å². The molecule has 2 aromatic rings. The highest BCUT2D eigenvalue weighted by Crippen LogP contribution is 2.44. The van der Waals surface area contributed by atoms with Crippen molar-refractivity contribution in [1.82, 2.24) is 0 Å². The Balaban J connectivity index is 2.17. The highest BCUT2D eigenvalue weighted by atomic mass is 16.7. The van der Waals surface area contributed by atoms with Crippen molar-refractivity contribution in [1.29, 1.82) is 0 Å². The molecule has 25 heavy (non-hydrogen) atoms. The standard InChI is InChI=1S/C18H18O7/c1-21-11-7-14(22-2)17(15(8-11)23-3)16(18(19)20)10-4-5-12-13(6-10)25-9-24-12/h4-8,16H,9H2,1-3H3,(H,19,20). The van der Waals surface area contributed by atoms with Gasteiger partial charge in [0.2, 0.25) is 6.79 Å². The second-order valence-corrected chi connectivity index (χ2v) is 5.33. The number of carboxylic acids is 1. The number of hydrogen-bond acceptors (Lipinski definition) is 6. The number of methoxy groups -OCH3 is 3. The second kappa shape index (κ2) is 6.80. The van der Waals surface area contributed by atoms with E-state index in [4.69, 9.17) is 23.7 Å². The smallest absolute Gasteiger partial charge is 0.315 e. The first-order valence-corrected chi connectivity index (χ1v) is 7.51. The van der Waals surface area contributed by atoms with Gasteiger partial charge in [0.05, 0.1) is 26.9 Å². The fourth-order valence-electron chi connectivity index (χ4n) is 2.84. The molecule has 0 amide bonds. The molecule has 1 N–H and O–H groups in total. The van der Waals surface area contributed by atoms with Gasteiger partial charge in [0.25, 0.3) is 0 Å². The third kappa shape index (κ3) is 3.00. The molecule has 1 heterocycles. The SMILES string of the molecule is COc1cc(OC)c(C(C(=O)O)c2ccc3c(c2)OCO3)c(OC)c1. The van der Waals surface area contributed by atoms with Crippen LogP contribution in [0.15, 0.2) is 30.3 Å². The Bertz CT molecular complexity index is 775. The average molecular weight is 346 g/mol. The Morgan fingerprint density at radius 2 is 1.64 bits per heavy atom. The third-order valence-corrected chi connectivity index (χ3v) is 4.02. The fourth-order valence-corrected chi connectivity index (χ4v) is 2.84. The number of carbonyl (C=O) groups is 1. The summed E-state index contributed by atoms with van der Waals surface area (Å²) in [5.41, 5.74) is 0.927. The minimum Gasteiger partial charge on any atom is -0.496 e. The topological polar surface area (TPSA) is 83.5 Å². The molecule has 0 aliphatic carbocycles. The minimum atomic E-state index is -1.04. The van der Waals surface area contributed by atoms with Gasteiger partial charge in [0.15, 0.2) is 11.5 Å². The molecule has 1 aliphatic heterocycles. The van der Waals surface area contributed by atoms with Crippen LogP contribution in [0.1, 0.15) is 17.0 Å². The lowest BCUT2D eigenvalue weighted by Gasteiger charge is -2.20. The van der Waals surface area contributed by atoms with Crippen molar-refractivity contribution in [2.45, 2.75) is 5.92 Å². The van der Waals surface area contributed by atoms with Crippen molar-refractivity contribution in [3.05, 3.63) is 41.5 Å². The Labute approximate surface area is 144 Å². The number of carboxylic acid groups (broad SMARTS) is 1. The van der Waals surface area contributed by atoms with Gasteiger partial charge in [-0.3, -0.25) is 4.79 Å². The Morgan fingerprint density at radius 1 is 1.00 bits per heavy atom. The highest BCUT2D eigenvalue weighted by Gasteiger charge is 2.31. The molecule has 0 radical (unpaired) electrons. The normalized spacial score (nSPS) is 13.2. The van der Waals surface area contributed by atoms with E-state index in [1.807, 2.05) is 0 Å². The number of hydrogen-bond donors (Lipinski definition) is 1. The molecule has 1 unspecified atom stereocenters. The molecule has 0 fully saturated rings. The largest absolute Gasteiger partial charge is 0.496 e. The lowest BCUT2D eigenvalue weighted by Crippen LogP contribution is -2.15. The third-order valence-electron chi connectivity index (χ3n) is 4.02. The second-order valence-electron chi connectivity index (χ2n) is 5.33. The Morgan fingerprint density at radius 3 is 2.20 bits per heavy atom. The molecule has 0 aromatic heterocycles. The lowest BCUT2D eigenvalue weighted by atomic mass is 9.89. The molecule has 1 atom stereocenters. The van der Waals surface area contributed by atoms with Gasteiger partial charge in [-0.1, -0.05) is 6.07 Å². The molecule has 132 valence electrons. The van der Waals surface area contributed by atoms with E-state index in [0.717, 1.165) is 0 Å². The number of rotatable bonds is 6. The molecule has 0 saturated heterocycles. The fraction of sp³-hybridized carbons (Fsp3) is 0.278. The van der Waals surface area contributed by atoms with Gasteiger partial charge in [-0.25, -0.2) is 0 Å². The average Bonchev–Trinajstić information content (AvgIpc) is 3.09. The highest BCUT2D eigenvalue weighted by molar-refractivity contribution is 5.83. The number of fused-ring (bicyclic) bond motifs is 1. The first kappa shape index (κ1) is 16.8. The van der Waals surface area contributed by atoms with Crippen LogP contribution in [0.5, 0.6) is 28.7 Å². The van der Waals surface area contributed by atoms with E-state index in [-0.39, 0.29) is 6.79 Å². The van der Waals surface area contributed by atoms with E-state index >= 15 is 0 Å². The maximum Gasteiger partial charge on any atom is 0.315 e. The quantitative estimate of drug-likeness (QED) is 0.861. The van der Waals surface area contributed by atoms with Crippen molar-refractivity contribution < 1.29 is 33.6 Å². The molecule has 0 bridgehead atoms. The predicted molar refractivity (Wildman–Crippen MR) is 88.1 cm³/mol. The molecule has 1 aliphatic rings. The van der Waals surface area contributed by atoms with Gasteiger partial charge >= 0.3 is 5.97 Å². The van der Waals surface area contributed by atoms with Crippen LogP contribution in [0.2, 0.25) is 0 Å². The minimum absolute atomic E-state index is 0.117. The molecular weight excluding hydrogens is 328 g/mol. The summed E-state index contributed by atoms with van der Waals surface area (Å²) >= 11 is 0. The predicted octanol–water partition coefficient (Wildman–Crippen LogP) is 2.66. The number of aliphatic carboxylic acids is 1. The molecule has 7 nitrogen and oxygen atoms in total. The van der Waals surface area contributed by atoms with Crippen LogP contribution in [-0.4, -0.2) is 39.2 Å². The van der Waals surface area contributed by atoms with Crippen molar-refractivity contribution in [2.75, 3.05) is 28.1 Å². The zero-order chi connectivity index (χ0) is 18.0. The van der Waals surface area contributed by atoms with Crippen LogP contribution < -0.4 is 23.7 Å². The van der Waals surface area contributed by atoms with Gasteiger partial charge in [0, 0.05) is 12.1 Å². The van der Waals surface area contributed by atoms with E-state index in [0.29, 0.717) is 39.9 Å². The van der Waals surface area contributed by atoms with E-state index in [1.165, 1.54) is 21.3 Å². The van der Waals surface area contributed by atoms with Crippen LogP contribution in [0.3, 0.4) is 0 Å². The zero-order valence-corrected chi connectivity index (χ0v) is 14.1. The Kier molecular flexibility index (Phi) is 4.56. The van der Waals surface area contributed by atoms with Gasteiger partial charge in [-0.05, 0) is 17.7 Å². The summed E-state index contributed by atoms with van der Waals surface area (Å²) in [5, 5.41) is 9.88. The van der Waals surface area contributed by atoms with Crippen LogP contribution in [-0.2, 0) is 4.79 Å². The van der Waals surface area contributed by atoms with Gasteiger partial charge in [0.1, 0.15) is 23.2 Å². The maximum atomic E-state index is 12.1. The van der Waals surface area contributed by atoms with Crippen LogP contribution in [0.25, 0.3) is 0 Å². The van der Waals surface area contributed by atoms with Crippen molar-refractivity contribution in [3.63, 3.8) is 0 Å². The van der Waals surface area contributed by atoms with E-state index in [1.54, 1.807) is 30.3 Å². The summed E-state index contributed by atoms with van der Waals surface area (Å²) in [7, 11) is 4.45. The first-order chi connectivity index (χ1) is 12.1. The number of benzene rings is 2. The summed E-state index contributed by atoms with van der Waals surface area (Å²) in [5.74, 6) is 0.275. The molecule has 2 aromatic carbocycles. The van der Waals surface area contributed by atoms with Crippen LogP contribution >= 0.6 is 0 Å². The lowest BCUT2D eigenvalue weighted by molar-refractivity contribution is -0.137.